The van der Waals surface area contributed by atoms with E-state index in [-0.39, 0.29) is 11.9 Å². The summed E-state index contributed by atoms with van der Waals surface area (Å²) in [6, 6.07) is 16.4. The highest BCUT2D eigenvalue weighted by atomic mass is 32.1. The second-order valence-electron chi connectivity index (χ2n) is 6.96. The third-order valence-corrected chi connectivity index (χ3v) is 6.17. The molecule has 0 saturated heterocycles. The van der Waals surface area contributed by atoms with Gasteiger partial charge in [0.15, 0.2) is 0 Å². The van der Waals surface area contributed by atoms with E-state index in [2.05, 4.69) is 28.6 Å². The predicted octanol–water partition coefficient (Wildman–Crippen LogP) is 4.49. The van der Waals surface area contributed by atoms with Crippen molar-refractivity contribution < 1.29 is 4.79 Å². The van der Waals surface area contributed by atoms with Crippen molar-refractivity contribution in [2.75, 3.05) is 6.54 Å². The number of nitrogens with zero attached hydrogens (tertiary/aromatic N) is 3. The number of amides is 1. The van der Waals surface area contributed by atoms with E-state index in [1.165, 1.54) is 10.4 Å². The Morgan fingerprint density at radius 1 is 1.19 bits per heavy atom. The van der Waals surface area contributed by atoms with Gasteiger partial charge in [0.1, 0.15) is 11.3 Å². The number of thiophene rings is 1. The molecule has 1 atom stereocenters. The quantitative estimate of drug-likeness (QED) is 0.519. The van der Waals surface area contributed by atoms with Crippen LogP contribution >= 0.6 is 11.3 Å². The minimum absolute atomic E-state index is 0.0120. The van der Waals surface area contributed by atoms with Crippen molar-refractivity contribution in [3.63, 3.8) is 0 Å². The Hall–Kier alpha value is -2.92. The molecule has 0 fully saturated rings. The zero-order valence-electron chi connectivity index (χ0n) is 15.0. The SMILES string of the molecule is Cc1ccn2cc(C(=O)N3CCc4sccc4[C@H]3c3ccccc3)nc2c1. The smallest absolute Gasteiger partial charge is 0.274 e. The van der Waals surface area contributed by atoms with Crippen molar-refractivity contribution in [2.24, 2.45) is 0 Å². The van der Waals surface area contributed by atoms with Crippen LogP contribution in [0.25, 0.3) is 5.65 Å². The number of aromatic nitrogens is 2. The van der Waals surface area contributed by atoms with Crippen LogP contribution in [-0.4, -0.2) is 26.7 Å². The average molecular weight is 373 g/mol. The molecule has 134 valence electrons. The summed E-state index contributed by atoms with van der Waals surface area (Å²) < 4.78 is 1.91. The molecule has 4 heterocycles. The molecule has 1 aliphatic heterocycles. The molecule has 4 aromatic rings. The van der Waals surface area contributed by atoms with Crippen molar-refractivity contribution in [1.82, 2.24) is 14.3 Å². The Morgan fingerprint density at radius 2 is 2.04 bits per heavy atom. The Bertz CT molecular complexity index is 1130. The van der Waals surface area contributed by atoms with Crippen LogP contribution in [0.3, 0.4) is 0 Å². The van der Waals surface area contributed by atoms with Crippen LogP contribution in [0.15, 0.2) is 66.3 Å². The highest BCUT2D eigenvalue weighted by molar-refractivity contribution is 7.10. The van der Waals surface area contributed by atoms with Gasteiger partial charge in [-0.25, -0.2) is 4.98 Å². The maximum absolute atomic E-state index is 13.4. The molecule has 1 aliphatic rings. The Morgan fingerprint density at radius 3 is 2.89 bits per heavy atom. The zero-order valence-corrected chi connectivity index (χ0v) is 15.8. The molecule has 5 heteroatoms. The number of hydrogen-bond acceptors (Lipinski definition) is 3. The first-order chi connectivity index (χ1) is 13.2. The van der Waals surface area contributed by atoms with Gasteiger partial charge < -0.3 is 9.30 Å². The van der Waals surface area contributed by atoms with Gasteiger partial charge in [-0.05, 0) is 53.6 Å². The fraction of sp³-hybridized carbons (Fsp3) is 0.182. The summed E-state index contributed by atoms with van der Waals surface area (Å²) in [6.45, 7) is 2.74. The molecule has 0 spiro atoms. The highest BCUT2D eigenvalue weighted by Crippen LogP contribution is 2.38. The van der Waals surface area contributed by atoms with Crippen LogP contribution in [0, 0.1) is 6.92 Å². The van der Waals surface area contributed by atoms with Gasteiger partial charge in [0, 0.05) is 23.8 Å². The van der Waals surface area contributed by atoms with Gasteiger partial charge in [-0.1, -0.05) is 30.3 Å². The van der Waals surface area contributed by atoms with E-state index in [0.717, 1.165) is 23.2 Å². The van der Waals surface area contributed by atoms with Gasteiger partial charge in [0.05, 0.1) is 6.04 Å². The summed E-state index contributed by atoms with van der Waals surface area (Å²) in [6.07, 6.45) is 4.69. The molecule has 4 nitrogen and oxygen atoms in total. The Labute approximate surface area is 161 Å². The molecule has 1 aromatic carbocycles. The number of benzene rings is 1. The van der Waals surface area contributed by atoms with Crippen molar-refractivity contribution in [3.05, 3.63) is 93.6 Å². The summed E-state index contributed by atoms with van der Waals surface area (Å²) in [7, 11) is 0. The maximum Gasteiger partial charge on any atom is 0.274 e. The number of carbonyl (C=O) groups is 1. The summed E-state index contributed by atoms with van der Waals surface area (Å²) in [5.74, 6) is -0.0120. The van der Waals surface area contributed by atoms with Crippen LogP contribution in [-0.2, 0) is 6.42 Å². The molecule has 1 amide bonds. The first-order valence-corrected chi connectivity index (χ1v) is 9.96. The van der Waals surface area contributed by atoms with Gasteiger partial charge in [0.2, 0.25) is 0 Å². The molecular formula is C22H19N3OS. The summed E-state index contributed by atoms with van der Waals surface area (Å²) in [4.78, 5) is 21.4. The van der Waals surface area contributed by atoms with Gasteiger partial charge in [-0.3, -0.25) is 4.79 Å². The molecule has 27 heavy (non-hydrogen) atoms. The minimum atomic E-state index is -0.0553. The number of pyridine rings is 1. The van der Waals surface area contributed by atoms with Crippen LogP contribution < -0.4 is 0 Å². The second-order valence-corrected chi connectivity index (χ2v) is 7.96. The normalized spacial score (nSPS) is 16.5. The second kappa shape index (κ2) is 6.35. The summed E-state index contributed by atoms with van der Waals surface area (Å²) >= 11 is 1.78. The molecular weight excluding hydrogens is 354 g/mol. The average Bonchev–Trinajstić information content (AvgIpc) is 3.33. The predicted molar refractivity (Wildman–Crippen MR) is 107 cm³/mol. The van der Waals surface area contributed by atoms with E-state index in [4.69, 9.17) is 0 Å². The van der Waals surface area contributed by atoms with E-state index in [1.807, 2.05) is 58.9 Å². The third-order valence-electron chi connectivity index (χ3n) is 5.18. The molecule has 0 saturated carbocycles. The van der Waals surface area contributed by atoms with Gasteiger partial charge in [-0.2, -0.15) is 0 Å². The lowest BCUT2D eigenvalue weighted by Gasteiger charge is -2.36. The van der Waals surface area contributed by atoms with Crippen LogP contribution in [0.5, 0.6) is 0 Å². The van der Waals surface area contributed by atoms with E-state index in [1.54, 1.807) is 11.3 Å². The highest BCUT2D eigenvalue weighted by Gasteiger charge is 2.34. The van der Waals surface area contributed by atoms with Gasteiger partial charge in [-0.15, -0.1) is 11.3 Å². The first kappa shape index (κ1) is 16.3. The van der Waals surface area contributed by atoms with E-state index in [0.29, 0.717) is 12.2 Å². The number of aryl methyl sites for hydroxylation is 1. The third kappa shape index (κ3) is 2.75. The molecule has 3 aromatic heterocycles. The number of hydrogen-bond donors (Lipinski definition) is 0. The first-order valence-electron chi connectivity index (χ1n) is 9.08. The summed E-state index contributed by atoms with van der Waals surface area (Å²) in [5.41, 5.74) is 4.83. The zero-order chi connectivity index (χ0) is 18.4. The Balaban J connectivity index is 1.58. The lowest BCUT2D eigenvalue weighted by Crippen LogP contribution is -2.40. The molecule has 0 radical (unpaired) electrons. The lowest BCUT2D eigenvalue weighted by atomic mass is 9.93. The van der Waals surface area contributed by atoms with Crippen LogP contribution in [0.2, 0.25) is 0 Å². The van der Waals surface area contributed by atoms with Crippen molar-refractivity contribution >= 4 is 22.9 Å². The molecule has 0 bridgehead atoms. The lowest BCUT2D eigenvalue weighted by molar-refractivity contribution is 0.0691. The number of imidazole rings is 1. The topological polar surface area (TPSA) is 37.6 Å². The molecule has 0 N–H and O–H groups in total. The number of rotatable bonds is 2. The molecule has 0 unspecified atom stereocenters. The monoisotopic (exact) mass is 373 g/mol. The van der Waals surface area contributed by atoms with Crippen molar-refractivity contribution in [2.45, 2.75) is 19.4 Å². The van der Waals surface area contributed by atoms with Crippen molar-refractivity contribution in [1.29, 1.82) is 0 Å². The number of fused-ring (bicyclic) bond motifs is 2. The molecule has 5 rings (SSSR count). The molecule has 0 aliphatic carbocycles. The van der Waals surface area contributed by atoms with Crippen molar-refractivity contribution in [3.8, 4) is 0 Å². The Kier molecular flexibility index (Phi) is 3.83. The standard InChI is InChI=1S/C22H19N3OS/c1-15-7-10-24-14-18(23-20(24)13-15)22(26)25-11-8-19-17(9-12-27-19)21(25)16-5-3-2-4-6-16/h2-7,9-10,12-14,21H,8,11H2,1H3/t21-/m1/s1. The summed E-state index contributed by atoms with van der Waals surface area (Å²) in [5, 5.41) is 2.13. The maximum atomic E-state index is 13.4. The largest absolute Gasteiger partial charge is 0.326 e. The van der Waals surface area contributed by atoms with Crippen LogP contribution in [0.1, 0.15) is 38.1 Å². The van der Waals surface area contributed by atoms with Gasteiger partial charge in [0.25, 0.3) is 5.91 Å². The van der Waals surface area contributed by atoms with Crippen LogP contribution in [0.4, 0.5) is 0 Å². The fourth-order valence-corrected chi connectivity index (χ4v) is 4.77. The number of carbonyl (C=O) groups excluding carboxylic acids is 1. The van der Waals surface area contributed by atoms with E-state index >= 15 is 0 Å². The fourth-order valence-electron chi connectivity index (χ4n) is 3.86. The van der Waals surface area contributed by atoms with E-state index < -0.39 is 0 Å². The minimum Gasteiger partial charge on any atom is -0.326 e. The van der Waals surface area contributed by atoms with E-state index in [9.17, 15) is 4.79 Å². The van der Waals surface area contributed by atoms with Gasteiger partial charge >= 0.3 is 0 Å².